The van der Waals surface area contributed by atoms with Gasteiger partial charge in [-0.05, 0) is 59.5 Å². The Balaban J connectivity index is 1.94. The molecule has 132 valence electrons. The van der Waals surface area contributed by atoms with Gasteiger partial charge in [0.2, 0.25) is 0 Å². The molecule has 2 aromatic carbocycles. The summed E-state index contributed by atoms with van der Waals surface area (Å²) < 4.78 is 42.6. The van der Waals surface area contributed by atoms with Crippen molar-refractivity contribution in [3.8, 4) is 0 Å². The van der Waals surface area contributed by atoms with Gasteiger partial charge in [-0.3, -0.25) is 4.79 Å². The lowest BCUT2D eigenvalue weighted by atomic mass is 9.98. The molecule has 0 saturated carbocycles. The van der Waals surface area contributed by atoms with Crippen molar-refractivity contribution in [1.29, 1.82) is 0 Å². The van der Waals surface area contributed by atoms with Gasteiger partial charge in [-0.1, -0.05) is 0 Å². The molecule has 0 aromatic heterocycles. The molecule has 0 spiro atoms. The molecule has 1 fully saturated rings. The number of hydrogen-bond acceptors (Lipinski definition) is 3. The maximum Gasteiger partial charge on any atom is 0.256 e. The number of rotatable bonds is 4. The van der Waals surface area contributed by atoms with Crippen molar-refractivity contribution in [2.24, 2.45) is 11.7 Å². The number of carbonyl (C=O) groups excluding carboxylic acids is 1. The van der Waals surface area contributed by atoms with Gasteiger partial charge in [0.25, 0.3) is 5.91 Å². The molecule has 0 aliphatic carbocycles. The van der Waals surface area contributed by atoms with E-state index in [-0.39, 0.29) is 22.9 Å². The summed E-state index contributed by atoms with van der Waals surface area (Å²) >= 11 is 1.94. The fourth-order valence-corrected chi connectivity index (χ4v) is 3.08. The minimum Gasteiger partial charge on any atom is -0.350 e. The highest BCUT2D eigenvalue weighted by atomic mass is 127. The highest BCUT2D eigenvalue weighted by Gasteiger charge is 2.32. The summed E-state index contributed by atoms with van der Waals surface area (Å²) in [5, 5.41) is 2.52. The van der Waals surface area contributed by atoms with Crippen molar-refractivity contribution in [1.82, 2.24) is 4.90 Å². The monoisotopic (exact) mass is 461 g/mol. The minimum absolute atomic E-state index is 0.0394. The third-order valence-corrected chi connectivity index (χ3v) is 4.76. The average molecular weight is 461 g/mol. The maximum atomic E-state index is 14.3. The molecule has 0 atom stereocenters. The molecule has 3 rings (SSSR count). The van der Waals surface area contributed by atoms with Crippen LogP contribution in [0.2, 0.25) is 0 Å². The number of carbonyl (C=O) groups is 1. The summed E-state index contributed by atoms with van der Waals surface area (Å²) in [5.74, 6) is -3.20. The number of nitrogens with zero attached hydrogens (tertiary/aromatic N) is 1. The Morgan fingerprint density at radius 2 is 1.92 bits per heavy atom. The summed E-state index contributed by atoms with van der Waals surface area (Å²) in [6, 6.07) is 6.36. The standard InChI is InChI=1S/C17H15F3IN3O/c18-12-3-2-11(17(25)24-7-9(6-22)8-24)16(15(12)20)23-14-4-1-10(21)5-13(14)19/h1-5,9,23H,6-8,22H2. The van der Waals surface area contributed by atoms with E-state index in [2.05, 4.69) is 5.32 Å². The zero-order valence-electron chi connectivity index (χ0n) is 13.0. The molecule has 1 aliphatic heterocycles. The molecular weight excluding hydrogens is 446 g/mol. The maximum absolute atomic E-state index is 14.3. The van der Waals surface area contributed by atoms with Gasteiger partial charge in [-0.25, -0.2) is 13.2 Å². The molecule has 3 N–H and O–H groups in total. The second-order valence-corrected chi connectivity index (χ2v) is 7.09. The first-order valence-corrected chi connectivity index (χ1v) is 8.68. The van der Waals surface area contributed by atoms with E-state index in [0.717, 1.165) is 6.07 Å². The average Bonchev–Trinajstić information content (AvgIpc) is 2.53. The number of anilines is 2. The Bertz CT molecular complexity index is 825. The highest BCUT2D eigenvalue weighted by Crippen LogP contribution is 2.30. The number of likely N-dealkylation sites (tertiary alicyclic amines) is 1. The Morgan fingerprint density at radius 3 is 2.56 bits per heavy atom. The Kier molecular flexibility index (Phi) is 5.19. The van der Waals surface area contributed by atoms with Crippen LogP contribution in [0.4, 0.5) is 24.5 Å². The van der Waals surface area contributed by atoms with Gasteiger partial charge in [-0.2, -0.15) is 0 Å². The molecule has 25 heavy (non-hydrogen) atoms. The van der Waals surface area contributed by atoms with E-state index in [1.165, 1.54) is 23.1 Å². The number of amides is 1. The van der Waals surface area contributed by atoms with Crippen LogP contribution in [0.3, 0.4) is 0 Å². The Hall–Kier alpha value is -1.81. The number of nitrogens with one attached hydrogen (secondary N) is 1. The van der Waals surface area contributed by atoms with Gasteiger partial charge in [0.05, 0.1) is 16.9 Å². The summed E-state index contributed by atoms with van der Waals surface area (Å²) in [5.41, 5.74) is 5.08. The van der Waals surface area contributed by atoms with Crippen LogP contribution >= 0.6 is 22.6 Å². The number of hydrogen-bond donors (Lipinski definition) is 2. The van der Waals surface area contributed by atoms with Crippen LogP contribution in [0, 0.1) is 26.9 Å². The quantitative estimate of drug-likeness (QED) is 0.686. The lowest BCUT2D eigenvalue weighted by Crippen LogP contribution is -2.52. The van der Waals surface area contributed by atoms with E-state index in [4.69, 9.17) is 5.73 Å². The Labute approximate surface area is 156 Å². The van der Waals surface area contributed by atoms with Crippen molar-refractivity contribution in [3.63, 3.8) is 0 Å². The minimum atomic E-state index is -1.22. The lowest BCUT2D eigenvalue weighted by Gasteiger charge is -2.39. The van der Waals surface area contributed by atoms with Crippen LogP contribution < -0.4 is 11.1 Å². The van der Waals surface area contributed by atoms with Gasteiger partial charge >= 0.3 is 0 Å². The molecule has 1 amide bonds. The predicted octanol–water partition coefficient (Wildman–Crippen LogP) is 3.48. The lowest BCUT2D eigenvalue weighted by molar-refractivity contribution is 0.0516. The van der Waals surface area contributed by atoms with Crippen LogP contribution in [-0.4, -0.2) is 30.4 Å². The number of halogens is 4. The van der Waals surface area contributed by atoms with Gasteiger partial charge < -0.3 is 16.0 Å². The second kappa shape index (κ2) is 7.20. The van der Waals surface area contributed by atoms with Gasteiger partial charge in [-0.15, -0.1) is 0 Å². The largest absolute Gasteiger partial charge is 0.350 e. The second-order valence-electron chi connectivity index (χ2n) is 5.84. The zero-order chi connectivity index (χ0) is 18.1. The van der Waals surface area contributed by atoms with Crippen molar-refractivity contribution < 1.29 is 18.0 Å². The van der Waals surface area contributed by atoms with E-state index < -0.39 is 23.4 Å². The van der Waals surface area contributed by atoms with E-state index in [0.29, 0.717) is 23.2 Å². The van der Waals surface area contributed by atoms with Gasteiger partial charge in [0.15, 0.2) is 11.6 Å². The third-order valence-electron chi connectivity index (χ3n) is 4.09. The molecule has 2 aromatic rings. The number of benzene rings is 2. The fourth-order valence-electron chi connectivity index (χ4n) is 2.63. The van der Waals surface area contributed by atoms with Crippen molar-refractivity contribution in [3.05, 3.63) is 56.9 Å². The van der Waals surface area contributed by atoms with E-state index in [1.54, 1.807) is 6.07 Å². The van der Waals surface area contributed by atoms with Crippen molar-refractivity contribution in [2.75, 3.05) is 25.0 Å². The van der Waals surface area contributed by atoms with Crippen LogP contribution in [0.5, 0.6) is 0 Å². The molecule has 0 bridgehead atoms. The Morgan fingerprint density at radius 1 is 1.20 bits per heavy atom. The van der Waals surface area contributed by atoms with Crippen LogP contribution in [0.25, 0.3) is 0 Å². The number of nitrogens with two attached hydrogens (primary N) is 1. The van der Waals surface area contributed by atoms with Crippen LogP contribution in [-0.2, 0) is 0 Å². The predicted molar refractivity (Wildman–Crippen MR) is 97.2 cm³/mol. The smallest absolute Gasteiger partial charge is 0.256 e. The summed E-state index contributed by atoms with van der Waals surface area (Å²) in [6.07, 6.45) is 0. The third kappa shape index (κ3) is 3.59. The molecule has 1 aliphatic rings. The SMILES string of the molecule is NCC1CN(C(=O)c2ccc(F)c(F)c2Nc2ccc(I)cc2F)C1. The molecule has 0 radical (unpaired) electrons. The molecule has 1 saturated heterocycles. The van der Waals surface area contributed by atoms with Crippen molar-refractivity contribution in [2.45, 2.75) is 0 Å². The van der Waals surface area contributed by atoms with Crippen LogP contribution in [0.1, 0.15) is 10.4 Å². The summed E-state index contributed by atoms with van der Waals surface area (Å²) in [7, 11) is 0. The van der Waals surface area contributed by atoms with Gasteiger partial charge in [0, 0.05) is 22.6 Å². The first-order valence-electron chi connectivity index (χ1n) is 7.60. The van der Waals surface area contributed by atoms with E-state index in [1.807, 2.05) is 22.6 Å². The normalized spacial score (nSPS) is 14.4. The van der Waals surface area contributed by atoms with E-state index >= 15 is 0 Å². The topological polar surface area (TPSA) is 58.4 Å². The highest BCUT2D eigenvalue weighted by molar-refractivity contribution is 14.1. The molecule has 4 nitrogen and oxygen atoms in total. The fraction of sp³-hybridized carbons (Fsp3) is 0.235. The van der Waals surface area contributed by atoms with Crippen LogP contribution in [0.15, 0.2) is 30.3 Å². The molecular formula is C17H15F3IN3O. The summed E-state index contributed by atoms with van der Waals surface area (Å²) in [6.45, 7) is 1.39. The first-order chi connectivity index (χ1) is 11.9. The molecule has 8 heteroatoms. The molecule has 0 unspecified atom stereocenters. The molecule has 1 heterocycles. The summed E-state index contributed by atoms with van der Waals surface area (Å²) in [4.78, 5) is 14.1. The van der Waals surface area contributed by atoms with Crippen molar-refractivity contribution >= 4 is 39.9 Å². The first kappa shape index (κ1) is 18.0. The van der Waals surface area contributed by atoms with Gasteiger partial charge in [0.1, 0.15) is 5.82 Å². The zero-order valence-corrected chi connectivity index (χ0v) is 15.2. The van der Waals surface area contributed by atoms with E-state index in [9.17, 15) is 18.0 Å².